The zero-order chi connectivity index (χ0) is 20.9. The molecule has 0 bridgehead atoms. The van der Waals surface area contributed by atoms with Crippen LogP contribution in [0.5, 0.6) is 5.75 Å². The van der Waals surface area contributed by atoms with E-state index in [0.29, 0.717) is 22.5 Å². The lowest BCUT2D eigenvalue weighted by Crippen LogP contribution is -2.28. The predicted molar refractivity (Wildman–Crippen MR) is 118 cm³/mol. The Bertz CT molecular complexity index is 1310. The molecular weight excluding hydrogens is 398 g/mol. The molecule has 0 saturated heterocycles. The van der Waals surface area contributed by atoms with Crippen LogP contribution >= 0.6 is 11.3 Å². The van der Waals surface area contributed by atoms with Gasteiger partial charge in [-0.2, -0.15) is 14.6 Å². The maximum absolute atomic E-state index is 12.8. The summed E-state index contributed by atoms with van der Waals surface area (Å²) in [6, 6.07) is 17.1. The third-order valence-electron chi connectivity index (χ3n) is 4.61. The van der Waals surface area contributed by atoms with Crippen molar-refractivity contribution in [2.45, 2.75) is 26.2 Å². The number of nitrogens with zero attached hydrogens (tertiary/aromatic N) is 3. The van der Waals surface area contributed by atoms with Crippen molar-refractivity contribution in [1.29, 1.82) is 0 Å². The molecule has 0 fully saturated rings. The molecule has 0 aliphatic heterocycles. The third-order valence-corrected chi connectivity index (χ3v) is 5.57. The fourth-order valence-corrected chi connectivity index (χ4v) is 3.89. The van der Waals surface area contributed by atoms with Crippen molar-refractivity contribution in [2.24, 2.45) is 0 Å². The van der Waals surface area contributed by atoms with E-state index in [1.165, 1.54) is 4.52 Å². The first-order chi connectivity index (χ1) is 14.6. The first kappa shape index (κ1) is 20.0. The lowest BCUT2D eigenvalue weighted by molar-refractivity contribution is 0.309. The maximum atomic E-state index is 12.8. The standard InChI is InChI=1S/C23H21N3O3S/c1-2-3-13-29-18-11-9-17(10-12-18)15-20-22(28)26-23(30-20)24-21(27)19(25-26)14-16-7-5-4-6-8-16/h4-12,15H,2-3,13-14H2,1H3/b20-15+. The SMILES string of the molecule is CCCCOc1ccc(/C=c2/sc3nc(=O)c(Cc4ccccc4)nn3c2=O)cc1. The van der Waals surface area contributed by atoms with E-state index >= 15 is 0 Å². The highest BCUT2D eigenvalue weighted by atomic mass is 32.1. The molecule has 0 amide bonds. The van der Waals surface area contributed by atoms with Crippen molar-refractivity contribution in [1.82, 2.24) is 14.6 Å². The van der Waals surface area contributed by atoms with Gasteiger partial charge in [-0.15, -0.1) is 0 Å². The first-order valence-electron chi connectivity index (χ1n) is 9.85. The summed E-state index contributed by atoms with van der Waals surface area (Å²) >= 11 is 1.16. The van der Waals surface area contributed by atoms with E-state index in [1.54, 1.807) is 6.08 Å². The molecule has 0 spiro atoms. The maximum Gasteiger partial charge on any atom is 0.296 e. The molecule has 152 valence electrons. The van der Waals surface area contributed by atoms with Crippen LogP contribution in [0.25, 0.3) is 11.0 Å². The van der Waals surface area contributed by atoms with Gasteiger partial charge >= 0.3 is 0 Å². The zero-order valence-electron chi connectivity index (χ0n) is 16.6. The van der Waals surface area contributed by atoms with Crippen molar-refractivity contribution in [3.63, 3.8) is 0 Å². The van der Waals surface area contributed by atoms with Crippen LogP contribution in [0.3, 0.4) is 0 Å². The molecule has 4 aromatic rings. The largest absolute Gasteiger partial charge is 0.494 e. The molecule has 0 radical (unpaired) electrons. The Morgan fingerprint density at radius 1 is 1.07 bits per heavy atom. The number of rotatable bonds is 7. The molecule has 30 heavy (non-hydrogen) atoms. The van der Waals surface area contributed by atoms with Crippen LogP contribution in [0.2, 0.25) is 0 Å². The lowest BCUT2D eigenvalue weighted by Gasteiger charge is -2.04. The minimum atomic E-state index is -0.403. The van der Waals surface area contributed by atoms with Gasteiger partial charge in [-0.3, -0.25) is 9.59 Å². The Hall–Kier alpha value is -3.32. The number of thiazole rings is 1. The Morgan fingerprint density at radius 2 is 1.83 bits per heavy atom. The van der Waals surface area contributed by atoms with Crippen LogP contribution in [0.15, 0.2) is 64.2 Å². The van der Waals surface area contributed by atoms with Gasteiger partial charge in [0.15, 0.2) is 0 Å². The molecule has 2 aromatic heterocycles. The van der Waals surface area contributed by atoms with E-state index in [1.807, 2.05) is 54.6 Å². The summed E-state index contributed by atoms with van der Waals surface area (Å²) in [4.78, 5) is 29.5. The van der Waals surface area contributed by atoms with E-state index in [9.17, 15) is 9.59 Å². The smallest absolute Gasteiger partial charge is 0.296 e. The highest BCUT2D eigenvalue weighted by molar-refractivity contribution is 7.15. The van der Waals surface area contributed by atoms with Gasteiger partial charge in [-0.05, 0) is 35.8 Å². The van der Waals surface area contributed by atoms with Crippen molar-refractivity contribution in [3.05, 3.63) is 96.7 Å². The van der Waals surface area contributed by atoms with Crippen LogP contribution in [0, 0.1) is 0 Å². The van der Waals surface area contributed by atoms with Gasteiger partial charge in [0.1, 0.15) is 11.4 Å². The van der Waals surface area contributed by atoms with Gasteiger partial charge in [0, 0.05) is 6.42 Å². The molecule has 6 nitrogen and oxygen atoms in total. The average molecular weight is 420 g/mol. The van der Waals surface area contributed by atoms with Crippen LogP contribution in [-0.2, 0) is 6.42 Å². The average Bonchev–Trinajstić information content (AvgIpc) is 3.05. The molecule has 0 aliphatic carbocycles. The van der Waals surface area contributed by atoms with E-state index in [2.05, 4.69) is 17.0 Å². The number of benzene rings is 2. The van der Waals surface area contributed by atoms with Gasteiger partial charge in [0.2, 0.25) is 4.96 Å². The molecular formula is C23H21N3O3S. The molecule has 4 rings (SSSR count). The van der Waals surface area contributed by atoms with E-state index in [4.69, 9.17) is 4.74 Å². The summed E-state index contributed by atoms with van der Waals surface area (Å²) in [5.74, 6) is 0.804. The molecule has 0 aliphatic rings. The Balaban J connectivity index is 1.64. The second kappa shape index (κ2) is 9.00. The van der Waals surface area contributed by atoms with Crippen LogP contribution in [0.4, 0.5) is 0 Å². The molecule has 0 atom stereocenters. The minimum absolute atomic E-state index is 0.258. The number of fused-ring (bicyclic) bond motifs is 1. The molecule has 7 heteroatoms. The molecule has 2 heterocycles. The summed E-state index contributed by atoms with van der Waals surface area (Å²) in [5, 5.41) is 4.29. The normalized spacial score (nSPS) is 11.8. The van der Waals surface area contributed by atoms with E-state index < -0.39 is 5.56 Å². The van der Waals surface area contributed by atoms with Crippen LogP contribution < -0.4 is 20.4 Å². The van der Waals surface area contributed by atoms with Crippen molar-refractivity contribution in [2.75, 3.05) is 6.61 Å². The summed E-state index contributed by atoms with van der Waals surface area (Å²) in [6.07, 6.45) is 4.21. The summed E-state index contributed by atoms with van der Waals surface area (Å²) < 4.78 is 7.37. The van der Waals surface area contributed by atoms with Gasteiger partial charge in [0.25, 0.3) is 11.1 Å². The Morgan fingerprint density at radius 3 is 2.57 bits per heavy atom. The van der Waals surface area contributed by atoms with Crippen molar-refractivity contribution >= 4 is 22.4 Å². The fourth-order valence-electron chi connectivity index (χ4n) is 2.99. The van der Waals surface area contributed by atoms with Gasteiger partial charge in [0.05, 0.1) is 11.1 Å². The number of ether oxygens (including phenoxy) is 1. The highest BCUT2D eigenvalue weighted by Crippen LogP contribution is 2.13. The molecule has 0 unspecified atom stereocenters. The minimum Gasteiger partial charge on any atom is -0.494 e. The van der Waals surface area contributed by atoms with Crippen LogP contribution in [0.1, 0.15) is 36.6 Å². The highest BCUT2D eigenvalue weighted by Gasteiger charge is 2.11. The summed E-state index contributed by atoms with van der Waals surface area (Å²) in [6.45, 7) is 2.81. The van der Waals surface area contributed by atoms with E-state index in [0.717, 1.165) is 41.1 Å². The zero-order valence-corrected chi connectivity index (χ0v) is 17.4. The van der Waals surface area contributed by atoms with Gasteiger partial charge in [-0.25, -0.2) is 0 Å². The molecule has 0 N–H and O–H groups in total. The van der Waals surface area contributed by atoms with Gasteiger partial charge < -0.3 is 4.74 Å². The molecule has 0 saturated carbocycles. The molecule has 2 aromatic carbocycles. The quantitative estimate of drug-likeness (QED) is 0.431. The van der Waals surface area contributed by atoms with Crippen LogP contribution in [-0.4, -0.2) is 21.2 Å². The predicted octanol–water partition coefficient (Wildman–Crippen LogP) is 2.83. The number of aromatic nitrogens is 3. The topological polar surface area (TPSA) is 73.6 Å². The number of hydrogen-bond acceptors (Lipinski definition) is 6. The Kier molecular flexibility index (Phi) is 5.99. The fraction of sp³-hybridized carbons (Fsp3) is 0.217. The lowest BCUT2D eigenvalue weighted by atomic mass is 10.1. The summed E-state index contributed by atoms with van der Waals surface area (Å²) in [7, 11) is 0. The second-order valence-electron chi connectivity index (χ2n) is 6.91. The third kappa shape index (κ3) is 4.46. The number of unbranched alkanes of at least 4 members (excludes halogenated alkanes) is 1. The van der Waals surface area contributed by atoms with Crippen molar-refractivity contribution in [3.8, 4) is 5.75 Å². The summed E-state index contributed by atoms with van der Waals surface area (Å²) in [5.41, 5.74) is 1.39. The Labute approximate surface area is 177 Å². The first-order valence-corrected chi connectivity index (χ1v) is 10.7. The van der Waals surface area contributed by atoms with E-state index in [-0.39, 0.29) is 11.3 Å². The van der Waals surface area contributed by atoms with Crippen molar-refractivity contribution < 1.29 is 4.74 Å². The number of hydrogen-bond donors (Lipinski definition) is 0. The van der Waals surface area contributed by atoms with Gasteiger partial charge in [-0.1, -0.05) is 67.1 Å². The second-order valence-corrected chi connectivity index (χ2v) is 7.92. The monoisotopic (exact) mass is 419 g/mol.